The second kappa shape index (κ2) is 3.86. The van der Waals surface area contributed by atoms with Gasteiger partial charge in [0.25, 0.3) is 0 Å². The topological polar surface area (TPSA) is 74.6 Å². The van der Waals surface area contributed by atoms with Crippen LogP contribution in [0.15, 0.2) is 0 Å². The Labute approximate surface area is 54.6 Å². The summed E-state index contributed by atoms with van der Waals surface area (Å²) in [5, 5.41) is 14.8. The summed E-state index contributed by atoms with van der Waals surface area (Å²) in [6, 6.07) is 0. The molecule has 5 heteroatoms. The number of aliphatic carboxylic acids is 2. The van der Waals surface area contributed by atoms with Crippen molar-refractivity contribution in [3.8, 4) is 0 Å². The van der Waals surface area contributed by atoms with E-state index in [1.807, 2.05) is 0 Å². The van der Waals surface area contributed by atoms with Crippen molar-refractivity contribution in [3.05, 3.63) is 0 Å². The predicted octanol–water partition coefficient (Wildman–Crippen LogP) is -0.847. The van der Waals surface area contributed by atoms with E-state index >= 15 is 0 Å². The fourth-order valence-corrected chi connectivity index (χ4v) is 0. The molecule has 0 aromatic carbocycles. The van der Waals surface area contributed by atoms with Crippen LogP contribution in [-0.2, 0) is 32.0 Å². The molecule has 4 nitrogen and oxygen atoms in total. The zero-order chi connectivity index (χ0) is 5.15. The van der Waals surface area contributed by atoms with Gasteiger partial charge < -0.3 is 10.2 Å². The van der Waals surface area contributed by atoms with Crippen molar-refractivity contribution >= 4 is 11.9 Å². The molecule has 7 heavy (non-hydrogen) atoms. The first kappa shape index (κ1) is 9.84. The van der Waals surface area contributed by atoms with Gasteiger partial charge in [0, 0.05) is 22.4 Å². The van der Waals surface area contributed by atoms with Crippen LogP contribution in [0.25, 0.3) is 0 Å². The molecule has 0 aromatic heterocycles. The molecule has 2 N–H and O–H groups in total. The van der Waals surface area contributed by atoms with Gasteiger partial charge in [0.05, 0.1) is 0 Å². The Morgan fingerprint density at radius 1 is 1.00 bits per heavy atom. The van der Waals surface area contributed by atoms with Crippen LogP contribution >= 0.6 is 0 Å². The zero-order valence-electron chi connectivity index (χ0n) is 3.16. The predicted molar refractivity (Wildman–Crippen MR) is 15.3 cm³/mol. The van der Waals surface area contributed by atoms with Crippen molar-refractivity contribution in [1.82, 2.24) is 0 Å². The zero-order valence-corrected chi connectivity index (χ0v) is 5.36. The van der Waals surface area contributed by atoms with Crippen LogP contribution < -0.4 is 0 Å². The Kier molecular flexibility index (Phi) is 5.42. The minimum absolute atomic E-state index is 0. The van der Waals surface area contributed by atoms with E-state index < -0.39 is 11.9 Å². The van der Waals surface area contributed by atoms with E-state index in [1.165, 1.54) is 0 Å². The van der Waals surface area contributed by atoms with Crippen LogP contribution in [0.5, 0.6) is 0 Å². The molecule has 39 valence electrons. The number of hydrogen-bond acceptors (Lipinski definition) is 2. The Hall–Kier alpha value is -0.320. The Balaban J connectivity index is 0. The molecular weight excluding hydrogens is 181 g/mol. The normalized spacial score (nSPS) is 6.29. The van der Waals surface area contributed by atoms with Gasteiger partial charge in [-0.15, -0.1) is 0 Å². The summed E-state index contributed by atoms with van der Waals surface area (Å²) in [7, 11) is 0. The minimum atomic E-state index is -1.82. The van der Waals surface area contributed by atoms with Crippen LogP contribution in [0.1, 0.15) is 0 Å². The maximum absolute atomic E-state index is 9.10. The first-order valence-electron chi connectivity index (χ1n) is 1.11. The SMILES string of the molecule is O=C(O)C(=O)O.[Nb]. The van der Waals surface area contributed by atoms with E-state index in [-0.39, 0.29) is 22.4 Å². The first-order valence-corrected chi connectivity index (χ1v) is 1.11. The molecule has 0 aromatic rings. The molecule has 1 radical (unpaired) electrons. The summed E-state index contributed by atoms with van der Waals surface area (Å²) < 4.78 is 0. The molecule has 0 aliphatic heterocycles. The van der Waals surface area contributed by atoms with Crippen LogP contribution in [0, 0.1) is 0 Å². The van der Waals surface area contributed by atoms with Crippen molar-refractivity contribution in [2.45, 2.75) is 0 Å². The van der Waals surface area contributed by atoms with Crippen LogP contribution in [0.4, 0.5) is 0 Å². The molecule has 0 bridgehead atoms. The van der Waals surface area contributed by atoms with Crippen LogP contribution in [0.3, 0.4) is 0 Å². The third-order valence-electron chi connectivity index (χ3n) is 0.183. The van der Waals surface area contributed by atoms with Crippen molar-refractivity contribution < 1.29 is 42.2 Å². The smallest absolute Gasteiger partial charge is 0.414 e. The fourth-order valence-electron chi connectivity index (χ4n) is 0. The van der Waals surface area contributed by atoms with Gasteiger partial charge in [0.1, 0.15) is 0 Å². The molecular formula is C2H2NbO4. The monoisotopic (exact) mass is 183 g/mol. The average molecular weight is 183 g/mol. The number of carboxylic acids is 2. The molecule has 0 atom stereocenters. The Morgan fingerprint density at radius 3 is 1.14 bits per heavy atom. The van der Waals surface area contributed by atoms with Gasteiger partial charge in [0.15, 0.2) is 0 Å². The van der Waals surface area contributed by atoms with E-state index in [0.29, 0.717) is 0 Å². The van der Waals surface area contributed by atoms with Crippen molar-refractivity contribution in [2.24, 2.45) is 0 Å². The molecule has 0 aliphatic carbocycles. The number of rotatable bonds is 0. The Bertz CT molecular complexity index is 75.7. The molecule has 0 saturated carbocycles. The van der Waals surface area contributed by atoms with Crippen molar-refractivity contribution in [1.29, 1.82) is 0 Å². The summed E-state index contributed by atoms with van der Waals surface area (Å²) >= 11 is 0. The minimum Gasteiger partial charge on any atom is -0.473 e. The molecule has 0 saturated heterocycles. The molecule has 0 spiro atoms. The first-order chi connectivity index (χ1) is 2.64. The number of carboxylic acid groups (broad SMARTS) is 2. The van der Waals surface area contributed by atoms with E-state index in [0.717, 1.165) is 0 Å². The average Bonchev–Trinajstić information content (AvgIpc) is 1.36. The largest absolute Gasteiger partial charge is 0.473 e. The van der Waals surface area contributed by atoms with Gasteiger partial charge in [-0.25, -0.2) is 9.59 Å². The maximum atomic E-state index is 9.10. The summed E-state index contributed by atoms with van der Waals surface area (Å²) in [4.78, 5) is 18.2. The second-order valence-electron chi connectivity index (χ2n) is 0.610. The molecule has 0 unspecified atom stereocenters. The van der Waals surface area contributed by atoms with Gasteiger partial charge in [0.2, 0.25) is 0 Å². The van der Waals surface area contributed by atoms with Gasteiger partial charge in [-0.05, 0) is 0 Å². The number of hydrogen-bond donors (Lipinski definition) is 2. The number of carbonyl (C=O) groups is 2. The van der Waals surface area contributed by atoms with Gasteiger partial charge in [-0.3, -0.25) is 0 Å². The van der Waals surface area contributed by atoms with E-state index in [9.17, 15) is 0 Å². The van der Waals surface area contributed by atoms with E-state index in [2.05, 4.69) is 0 Å². The van der Waals surface area contributed by atoms with Gasteiger partial charge >= 0.3 is 11.9 Å². The van der Waals surface area contributed by atoms with E-state index in [4.69, 9.17) is 19.8 Å². The second-order valence-corrected chi connectivity index (χ2v) is 0.610. The van der Waals surface area contributed by atoms with E-state index in [1.54, 1.807) is 0 Å². The van der Waals surface area contributed by atoms with Crippen LogP contribution in [0.2, 0.25) is 0 Å². The third kappa shape index (κ3) is 5.68. The maximum Gasteiger partial charge on any atom is 0.414 e. The Morgan fingerprint density at radius 2 is 1.14 bits per heavy atom. The van der Waals surface area contributed by atoms with Gasteiger partial charge in [-0.1, -0.05) is 0 Å². The fraction of sp³-hybridized carbons (Fsp3) is 0. The van der Waals surface area contributed by atoms with Gasteiger partial charge in [-0.2, -0.15) is 0 Å². The molecule has 0 fully saturated rings. The van der Waals surface area contributed by atoms with Crippen molar-refractivity contribution in [2.75, 3.05) is 0 Å². The molecule has 0 heterocycles. The summed E-state index contributed by atoms with van der Waals surface area (Å²) in [5.74, 6) is -3.65. The standard InChI is InChI=1S/C2H2O4.Nb/c3-1(4)2(5)6;/h(H,3,4)(H,5,6);. The van der Waals surface area contributed by atoms with Crippen LogP contribution in [-0.4, -0.2) is 22.2 Å². The molecule has 0 rings (SSSR count). The summed E-state index contributed by atoms with van der Waals surface area (Å²) in [6.45, 7) is 0. The molecule has 0 aliphatic rings. The third-order valence-corrected chi connectivity index (χ3v) is 0.183. The summed E-state index contributed by atoms with van der Waals surface area (Å²) in [6.07, 6.45) is 0. The quantitative estimate of drug-likeness (QED) is 0.379. The molecule has 0 amide bonds. The van der Waals surface area contributed by atoms with Crippen molar-refractivity contribution in [3.63, 3.8) is 0 Å². The summed E-state index contributed by atoms with van der Waals surface area (Å²) in [5.41, 5.74) is 0.